The molecule has 0 aliphatic heterocycles. The van der Waals surface area contributed by atoms with Gasteiger partial charge in [-0.1, -0.05) is 12.1 Å². The van der Waals surface area contributed by atoms with Crippen LogP contribution in [-0.4, -0.2) is 24.6 Å². The fraction of sp³-hybridized carbons (Fsp3) is 0.400. The zero-order chi connectivity index (χ0) is 9.52. The Balaban J connectivity index is 2.27. The van der Waals surface area contributed by atoms with Crippen molar-refractivity contribution in [2.75, 3.05) is 13.2 Å². The molecule has 0 heterocycles. The van der Waals surface area contributed by atoms with Crippen LogP contribution in [0, 0.1) is 6.07 Å². The second-order valence-corrected chi connectivity index (χ2v) is 2.46. The largest absolute Gasteiger partial charge is 0.488 e. The van der Waals surface area contributed by atoms with E-state index in [2.05, 4.69) is 6.07 Å². The Morgan fingerprint density at radius 1 is 1.62 bits per heavy atom. The SMILES string of the molecule is CCOC(O)COc1c[c]ccc1. The van der Waals surface area contributed by atoms with E-state index in [4.69, 9.17) is 14.6 Å². The van der Waals surface area contributed by atoms with Crippen LogP contribution in [0.3, 0.4) is 0 Å². The van der Waals surface area contributed by atoms with Crippen molar-refractivity contribution in [2.45, 2.75) is 13.2 Å². The van der Waals surface area contributed by atoms with Crippen LogP contribution in [0.25, 0.3) is 0 Å². The molecule has 1 unspecified atom stereocenters. The lowest BCUT2D eigenvalue weighted by Crippen LogP contribution is -2.20. The van der Waals surface area contributed by atoms with Crippen LogP contribution in [-0.2, 0) is 4.74 Å². The molecule has 0 aromatic heterocycles. The highest BCUT2D eigenvalue weighted by Crippen LogP contribution is 2.07. The molecule has 1 rings (SSSR count). The second-order valence-electron chi connectivity index (χ2n) is 2.46. The van der Waals surface area contributed by atoms with E-state index in [1.807, 2.05) is 13.0 Å². The van der Waals surface area contributed by atoms with E-state index in [1.165, 1.54) is 0 Å². The molecule has 3 heteroatoms. The number of hydrogen-bond acceptors (Lipinski definition) is 3. The zero-order valence-corrected chi connectivity index (χ0v) is 7.56. The summed E-state index contributed by atoms with van der Waals surface area (Å²) in [7, 11) is 0. The Labute approximate surface area is 77.9 Å². The van der Waals surface area contributed by atoms with Gasteiger partial charge in [-0.05, 0) is 25.1 Å². The van der Waals surface area contributed by atoms with E-state index in [-0.39, 0.29) is 6.61 Å². The van der Waals surface area contributed by atoms with Crippen molar-refractivity contribution in [1.82, 2.24) is 0 Å². The first-order valence-electron chi connectivity index (χ1n) is 4.21. The van der Waals surface area contributed by atoms with Gasteiger partial charge in [-0.15, -0.1) is 0 Å². The second kappa shape index (κ2) is 5.56. The summed E-state index contributed by atoms with van der Waals surface area (Å²) >= 11 is 0. The minimum absolute atomic E-state index is 0.145. The fourth-order valence-electron chi connectivity index (χ4n) is 0.875. The third kappa shape index (κ3) is 3.92. The van der Waals surface area contributed by atoms with Crippen molar-refractivity contribution >= 4 is 0 Å². The zero-order valence-electron chi connectivity index (χ0n) is 7.56. The molecule has 71 valence electrons. The minimum Gasteiger partial charge on any atom is -0.488 e. The molecule has 1 aromatic rings. The van der Waals surface area contributed by atoms with Crippen molar-refractivity contribution in [3.8, 4) is 5.75 Å². The van der Waals surface area contributed by atoms with Gasteiger partial charge in [-0.25, -0.2) is 0 Å². The summed E-state index contributed by atoms with van der Waals surface area (Å²) in [6.45, 7) is 2.44. The third-order valence-electron chi connectivity index (χ3n) is 1.43. The van der Waals surface area contributed by atoms with Crippen molar-refractivity contribution in [2.24, 2.45) is 0 Å². The molecule has 0 saturated heterocycles. The van der Waals surface area contributed by atoms with Gasteiger partial charge in [0.2, 0.25) is 0 Å². The molecule has 1 atom stereocenters. The van der Waals surface area contributed by atoms with Gasteiger partial charge in [-0.2, -0.15) is 0 Å². The number of ether oxygens (including phenoxy) is 2. The van der Waals surface area contributed by atoms with Crippen LogP contribution < -0.4 is 4.74 Å². The first-order chi connectivity index (χ1) is 6.33. The lowest BCUT2D eigenvalue weighted by atomic mass is 10.3. The van der Waals surface area contributed by atoms with Crippen molar-refractivity contribution in [3.05, 3.63) is 30.3 Å². The van der Waals surface area contributed by atoms with Crippen molar-refractivity contribution in [1.29, 1.82) is 0 Å². The number of aliphatic hydroxyl groups excluding tert-OH is 1. The Kier molecular flexibility index (Phi) is 4.29. The molecule has 0 bridgehead atoms. The van der Waals surface area contributed by atoms with Crippen LogP contribution in [0.15, 0.2) is 24.3 Å². The molecule has 1 aromatic carbocycles. The topological polar surface area (TPSA) is 38.7 Å². The number of benzene rings is 1. The van der Waals surface area contributed by atoms with E-state index >= 15 is 0 Å². The standard InChI is InChI=1S/C10H13O3/c1-2-12-10(11)8-13-9-6-4-3-5-7-9/h3-4,6-7,10-11H,2,8H2,1H3. The first-order valence-corrected chi connectivity index (χ1v) is 4.21. The van der Waals surface area contributed by atoms with E-state index in [0.29, 0.717) is 12.4 Å². The van der Waals surface area contributed by atoms with E-state index in [9.17, 15) is 0 Å². The fourth-order valence-corrected chi connectivity index (χ4v) is 0.875. The molecule has 1 radical (unpaired) electrons. The van der Waals surface area contributed by atoms with Crippen LogP contribution in [0.4, 0.5) is 0 Å². The normalized spacial score (nSPS) is 12.5. The van der Waals surface area contributed by atoms with Crippen LogP contribution in [0.1, 0.15) is 6.92 Å². The summed E-state index contributed by atoms with van der Waals surface area (Å²) < 4.78 is 10.1. The first kappa shape index (κ1) is 10.0. The van der Waals surface area contributed by atoms with Gasteiger partial charge in [0.15, 0.2) is 6.29 Å². The maximum atomic E-state index is 9.15. The smallest absolute Gasteiger partial charge is 0.189 e. The van der Waals surface area contributed by atoms with Crippen LogP contribution in [0.2, 0.25) is 0 Å². The molecule has 0 aliphatic rings. The summed E-state index contributed by atoms with van der Waals surface area (Å²) in [6.07, 6.45) is -0.856. The summed E-state index contributed by atoms with van der Waals surface area (Å²) in [6, 6.07) is 9.98. The summed E-state index contributed by atoms with van der Waals surface area (Å²) in [5.74, 6) is 0.682. The highest BCUT2D eigenvalue weighted by atomic mass is 16.6. The molecule has 13 heavy (non-hydrogen) atoms. The predicted octanol–water partition coefficient (Wildman–Crippen LogP) is 1.22. The number of rotatable bonds is 5. The molecule has 1 N–H and O–H groups in total. The van der Waals surface area contributed by atoms with Crippen molar-refractivity contribution in [3.63, 3.8) is 0 Å². The maximum absolute atomic E-state index is 9.15. The molecular formula is C10H13O3. The summed E-state index contributed by atoms with van der Waals surface area (Å²) in [5.41, 5.74) is 0. The summed E-state index contributed by atoms with van der Waals surface area (Å²) in [4.78, 5) is 0. The summed E-state index contributed by atoms with van der Waals surface area (Å²) in [5, 5.41) is 9.15. The van der Waals surface area contributed by atoms with Gasteiger partial charge in [0.1, 0.15) is 12.4 Å². The Morgan fingerprint density at radius 2 is 2.46 bits per heavy atom. The Hall–Kier alpha value is -1.06. The predicted molar refractivity (Wildman–Crippen MR) is 48.4 cm³/mol. The van der Waals surface area contributed by atoms with E-state index in [0.717, 1.165) is 0 Å². The Morgan fingerprint density at radius 3 is 3.08 bits per heavy atom. The number of aliphatic hydroxyl groups is 1. The quantitative estimate of drug-likeness (QED) is 0.694. The molecule has 3 nitrogen and oxygen atoms in total. The maximum Gasteiger partial charge on any atom is 0.189 e. The van der Waals surface area contributed by atoms with E-state index < -0.39 is 6.29 Å². The van der Waals surface area contributed by atoms with Crippen LogP contribution >= 0.6 is 0 Å². The van der Waals surface area contributed by atoms with Gasteiger partial charge in [0.05, 0.1) is 0 Å². The lowest BCUT2D eigenvalue weighted by Gasteiger charge is -2.11. The average Bonchev–Trinajstić information content (AvgIpc) is 2.17. The molecule has 0 saturated carbocycles. The molecule has 0 aliphatic carbocycles. The van der Waals surface area contributed by atoms with Gasteiger partial charge in [0, 0.05) is 6.61 Å². The Bertz CT molecular complexity index is 223. The van der Waals surface area contributed by atoms with Gasteiger partial charge in [-0.3, -0.25) is 0 Å². The molecular weight excluding hydrogens is 168 g/mol. The molecule has 0 amide bonds. The molecule has 0 fully saturated rings. The van der Waals surface area contributed by atoms with Gasteiger partial charge < -0.3 is 14.6 Å². The highest BCUT2D eigenvalue weighted by molar-refractivity contribution is 5.19. The van der Waals surface area contributed by atoms with E-state index in [1.54, 1.807) is 18.2 Å². The van der Waals surface area contributed by atoms with Gasteiger partial charge >= 0.3 is 0 Å². The van der Waals surface area contributed by atoms with Crippen LogP contribution in [0.5, 0.6) is 5.75 Å². The number of hydrogen-bond donors (Lipinski definition) is 1. The highest BCUT2D eigenvalue weighted by Gasteiger charge is 2.02. The van der Waals surface area contributed by atoms with Crippen molar-refractivity contribution < 1.29 is 14.6 Å². The lowest BCUT2D eigenvalue weighted by molar-refractivity contribution is -0.115. The third-order valence-corrected chi connectivity index (χ3v) is 1.43. The average molecular weight is 181 g/mol. The minimum atomic E-state index is -0.856. The monoisotopic (exact) mass is 181 g/mol. The molecule has 0 spiro atoms. The van der Waals surface area contributed by atoms with Gasteiger partial charge in [0.25, 0.3) is 0 Å².